The fourth-order valence-corrected chi connectivity index (χ4v) is 6.99. The molecule has 1 amide bonds. The van der Waals surface area contributed by atoms with Gasteiger partial charge in [-0.2, -0.15) is 9.29 Å². The summed E-state index contributed by atoms with van der Waals surface area (Å²) in [5, 5.41) is 8.79. The molecule has 2 fully saturated rings. The van der Waals surface area contributed by atoms with Crippen LogP contribution in [0.3, 0.4) is 0 Å². The number of amides is 1. The van der Waals surface area contributed by atoms with Gasteiger partial charge in [-0.1, -0.05) is 31.3 Å². The topological polar surface area (TPSA) is 105 Å². The van der Waals surface area contributed by atoms with E-state index in [0.717, 1.165) is 43.4 Å². The zero-order chi connectivity index (χ0) is 21.1. The molecule has 1 aliphatic heterocycles. The van der Waals surface area contributed by atoms with E-state index in [0.29, 0.717) is 36.7 Å². The van der Waals surface area contributed by atoms with Crippen molar-refractivity contribution in [3.8, 4) is 11.4 Å². The van der Waals surface area contributed by atoms with Gasteiger partial charge in [0.2, 0.25) is 17.6 Å². The number of carbonyl (C=O) groups excluding carboxylic acids is 1. The number of aromatic nitrogens is 2. The predicted molar refractivity (Wildman–Crippen MR) is 113 cm³/mol. The lowest BCUT2D eigenvalue weighted by molar-refractivity contribution is -0.127. The third-order valence-electron chi connectivity index (χ3n) is 5.90. The van der Waals surface area contributed by atoms with Gasteiger partial charge in [0, 0.05) is 36.5 Å². The third-order valence-corrected chi connectivity index (χ3v) is 9.19. The van der Waals surface area contributed by atoms with Crippen molar-refractivity contribution < 1.29 is 17.7 Å². The molecule has 2 aromatic heterocycles. The maximum absolute atomic E-state index is 13.2. The summed E-state index contributed by atoms with van der Waals surface area (Å²) in [6.45, 7) is 2.58. The fraction of sp³-hybridized carbons (Fsp3) is 0.650. The maximum atomic E-state index is 13.2. The largest absolute Gasteiger partial charge is 0.353 e. The summed E-state index contributed by atoms with van der Waals surface area (Å²) in [4.78, 5) is 17.0. The van der Waals surface area contributed by atoms with Gasteiger partial charge in [-0.15, -0.1) is 11.3 Å². The molecule has 4 rings (SSSR count). The minimum Gasteiger partial charge on any atom is -0.353 e. The van der Waals surface area contributed by atoms with Gasteiger partial charge in [-0.25, -0.2) is 8.42 Å². The molecule has 164 valence electrons. The number of aryl methyl sites for hydroxylation is 1. The van der Waals surface area contributed by atoms with Crippen molar-refractivity contribution in [3.05, 3.63) is 17.3 Å². The Morgan fingerprint density at radius 3 is 2.80 bits per heavy atom. The van der Waals surface area contributed by atoms with Gasteiger partial charge in [0.25, 0.3) is 10.0 Å². The lowest BCUT2D eigenvalue weighted by Gasteiger charge is -2.32. The molecule has 0 spiro atoms. The number of hydrogen-bond acceptors (Lipinski definition) is 7. The normalized spacial score (nSPS) is 21.6. The Kier molecular flexibility index (Phi) is 6.54. The van der Waals surface area contributed by atoms with Crippen LogP contribution in [0.25, 0.3) is 11.4 Å². The molecule has 1 atom stereocenters. The summed E-state index contributed by atoms with van der Waals surface area (Å²) in [5.41, 5.74) is 0.630. The summed E-state index contributed by atoms with van der Waals surface area (Å²) in [6.07, 6.45) is 7.61. The van der Waals surface area contributed by atoms with Gasteiger partial charge in [0.15, 0.2) is 0 Å². The molecular formula is C20H28N4O4S2. The van der Waals surface area contributed by atoms with Crippen LogP contribution in [0.15, 0.2) is 20.2 Å². The maximum Gasteiger partial charge on any atom is 0.252 e. The highest BCUT2D eigenvalue weighted by atomic mass is 32.2. The summed E-state index contributed by atoms with van der Waals surface area (Å²) in [5.74, 6) is 0.614. The zero-order valence-corrected chi connectivity index (χ0v) is 18.8. The molecule has 1 unspecified atom stereocenters. The van der Waals surface area contributed by atoms with E-state index in [9.17, 15) is 13.2 Å². The lowest BCUT2D eigenvalue weighted by atomic mass is 9.93. The highest BCUT2D eigenvalue weighted by molar-refractivity contribution is 7.91. The highest BCUT2D eigenvalue weighted by Gasteiger charge is 2.35. The van der Waals surface area contributed by atoms with Crippen molar-refractivity contribution in [1.82, 2.24) is 19.8 Å². The van der Waals surface area contributed by atoms with Crippen LogP contribution in [0.4, 0.5) is 0 Å². The van der Waals surface area contributed by atoms with Crippen LogP contribution in [-0.2, 0) is 21.2 Å². The molecule has 1 aliphatic carbocycles. The van der Waals surface area contributed by atoms with Crippen LogP contribution < -0.4 is 5.32 Å². The van der Waals surface area contributed by atoms with E-state index >= 15 is 0 Å². The van der Waals surface area contributed by atoms with E-state index in [1.807, 2.05) is 6.92 Å². The average Bonchev–Trinajstić information content (AvgIpc) is 3.44. The first-order valence-corrected chi connectivity index (χ1v) is 13.0. The standard InChI is InChI=1S/C20H28N4O4S2/c1-2-17-22-19(23-28-17)15-11-18(29-13-15)30(26,27)24-10-6-7-14(12-24)20(25)21-16-8-4-3-5-9-16/h11,13-14,16H,2-10,12H2,1H3,(H,21,25). The molecule has 30 heavy (non-hydrogen) atoms. The smallest absolute Gasteiger partial charge is 0.252 e. The number of carbonyl (C=O) groups is 1. The van der Waals surface area contributed by atoms with Crippen molar-refractivity contribution in [1.29, 1.82) is 0 Å². The van der Waals surface area contributed by atoms with E-state index in [4.69, 9.17) is 4.52 Å². The van der Waals surface area contributed by atoms with E-state index in [-0.39, 0.29) is 28.6 Å². The predicted octanol–water partition coefficient (Wildman–Crippen LogP) is 3.21. The SMILES string of the molecule is CCc1nc(-c2csc(S(=O)(=O)N3CCCC(C(=O)NC4CCCCC4)C3)c2)no1. The third kappa shape index (κ3) is 4.60. The fourth-order valence-electron chi connectivity index (χ4n) is 4.15. The molecule has 1 saturated heterocycles. The van der Waals surface area contributed by atoms with E-state index in [2.05, 4.69) is 15.5 Å². The van der Waals surface area contributed by atoms with Gasteiger partial charge in [-0.3, -0.25) is 4.79 Å². The van der Waals surface area contributed by atoms with Gasteiger partial charge >= 0.3 is 0 Å². The number of sulfonamides is 1. The van der Waals surface area contributed by atoms with Crippen molar-refractivity contribution in [2.45, 2.75) is 68.5 Å². The minimum absolute atomic E-state index is 0.00689. The van der Waals surface area contributed by atoms with Crippen LogP contribution in [0, 0.1) is 5.92 Å². The molecule has 2 aromatic rings. The Balaban J connectivity index is 1.44. The second kappa shape index (κ2) is 9.15. The molecule has 10 heteroatoms. The van der Waals surface area contributed by atoms with E-state index in [1.54, 1.807) is 11.4 Å². The lowest BCUT2D eigenvalue weighted by Crippen LogP contribution is -2.47. The Morgan fingerprint density at radius 2 is 2.07 bits per heavy atom. The molecule has 0 bridgehead atoms. The molecule has 1 saturated carbocycles. The first-order valence-electron chi connectivity index (χ1n) is 10.7. The Morgan fingerprint density at radius 1 is 1.27 bits per heavy atom. The second-order valence-corrected chi connectivity index (χ2v) is 11.1. The highest BCUT2D eigenvalue weighted by Crippen LogP contribution is 2.31. The average molecular weight is 453 g/mol. The Labute approximate surface area is 181 Å². The van der Waals surface area contributed by atoms with Gasteiger partial charge in [-0.05, 0) is 31.7 Å². The number of rotatable bonds is 6. The van der Waals surface area contributed by atoms with Crippen molar-refractivity contribution >= 4 is 27.3 Å². The van der Waals surface area contributed by atoms with Crippen LogP contribution in [0.5, 0.6) is 0 Å². The number of piperidine rings is 1. The number of thiophene rings is 1. The number of nitrogens with zero attached hydrogens (tertiary/aromatic N) is 3. The van der Waals surface area contributed by atoms with E-state index in [1.165, 1.54) is 10.7 Å². The second-order valence-electron chi connectivity index (χ2n) is 8.07. The first kappa shape index (κ1) is 21.5. The van der Waals surface area contributed by atoms with Crippen LogP contribution >= 0.6 is 11.3 Å². The molecule has 2 aliphatic rings. The number of nitrogens with one attached hydrogen (secondary N) is 1. The minimum atomic E-state index is -3.66. The van der Waals surface area contributed by atoms with Crippen LogP contribution in [-0.4, -0.2) is 47.9 Å². The van der Waals surface area contributed by atoms with Crippen LogP contribution in [0.1, 0.15) is 57.8 Å². The molecule has 0 aromatic carbocycles. The first-order chi connectivity index (χ1) is 14.5. The molecule has 1 N–H and O–H groups in total. The van der Waals surface area contributed by atoms with Crippen LogP contribution in [0.2, 0.25) is 0 Å². The summed E-state index contributed by atoms with van der Waals surface area (Å²) >= 11 is 1.15. The monoisotopic (exact) mass is 452 g/mol. The Hall–Kier alpha value is -1.78. The molecular weight excluding hydrogens is 424 g/mol. The van der Waals surface area contributed by atoms with Crippen molar-refractivity contribution in [3.63, 3.8) is 0 Å². The van der Waals surface area contributed by atoms with E-state index < -0.39 is 10.0 Å². The zero-order valence-electron chi connectivity index (χ0n) is 17.2. The molecule has 8 nitrogen and oxygen atoms in total. The Bertz CT molecular complexity index is 979. The van der Waals surface area contributed by atoms with Crippen molar-refractivity contribution in [2.24, 2.45) is 5.92 Å². The van der Waals surface area contributed by atoms with Gasteiger partial charge < -0.3 is 9.84 Å². The molecule has 3 heterocycles. The van der Waals surface area contributed by atoms with Gasteiger partial charge in [0.05, 0.1) is 5.92 Å². The summed E-state index contributed by atoms with van der Waals surface area (Å²) in [7, 11) is -3.66. The van der Waals surface area contributed by atoms with Crippen molar-refractivity contribution in [2.75, 3.05) is 13.1 Å². The number of hydrogen-bond donors (Lipinski definition) is 1. The quantitative estimate of drug-likeness (QED) is 0.721. The summed E-state index contributed by atoms with van der Waals surface area (Å²) < 4.78 is 33.2. The van der Waals surface area contributed by atoms with Gasteiger partial charge in [0.1, 0.15) is 4.21 Å². The molecule has 0 radical (unpaired) electrons. The summed E-state index contributed by atoms with van der Waals surface area (Å²) in [6, 6.07) is 1.83.